The third-order valence-electron chi connectivity index (χ3n) is 2.54. The predicted molar refractivity (Wildman–Crippen MR) is 86.9 cm³/mol. The quantitative estimate of drug-likeness (QED) is 0.714. The summed E-state index contributed by atoms with van der Waals surface area (Å²) < 4.78 is 6.65. The van der Waals surface area contributed by atoms with Gasteiger partial charge in [0.1, 0.15) is 12.2 Å². The first-order valence-corrected chi connectivity index (χ1v) is 7.40. The van der Waals surface area contributed by atoms with Crippen molar-refractivity contribution in [2.45, 2.75) is 6.61 Å². The van der Waals surface area contributed by atoms with Gasteiger partial charge in [0.25, 0.3) is 0 Å². The monoisotopic (exact) mass is 422 g/mol. The van der Waals surface area contributed by atoms with Gasteiger partial charge in [-0.3, -0.25) is 0 Å². The second-order valence-electron chi connectivity index (χ2n) is 3.98. The van der Waals surface area contributed by atoms with Crippen molar-refractivity contribution in [3.05, 3.63) is 61.1 Å². The van der Waals surface area contributed by atoms with Crippen LogP contribution in [-0.4, -0.2) is 11.1 Å². The summed E-state index contributed by atoms with van der Waals surface area (Å²) in [6, 6.07) is 10.5. The molecule has 0 saturated carbocycles. The van der Waals surface area contributed by atoms with Gasteiger partial charge in [0.15, 0.2) is 5.75 Å². The molecular weight excluding hydrogens is 414 g/mol. The van der Waals surface area contributed by atoms with Crippen molar-refractivity contribution in [2.24, 2.45) is 0 Å². The lowest BCUT2D eigenvalue weighted by Crippen LogP contribution is -2.04. The summed E-state index contributed by atoms with van der Waals surface area (Å²) in [7, 11) is 0. The number of hydrogen-bond acceptors (Lipinski definition) is 2. The Morgan fingerprint density at radius 1 is 1.20 bits per heavy atom. The van der Waals surface area contributed by atoms with Gasteiger partial charge in [-0.05, 0) is 52.4 Å². The van der Waals surface area contributed by atoms with Crippen molar-refractivity contribution in [3.8, 4) is 5.75 Å². The summed E-state index contributed by atoms with van der Waals surface area (Å²) in [5.74, 6) is -1.01. The van der Waals surface area contributed by atoms with Gasteiger partial charge in [0, 0.05) is 8.59 Å². The van der Waals surface area contributed by atoms with Crippen molar-refractivity contribution < 1.29 is 14.6 Å². The van der Waals surface area contributed by atoms with Crippen molar-refractivity contribution >= 4 is 51.8 Å². The van der Waals surface area contributed by atoms with Gasteiger partial charge in [-0.2, -0.15) is 0 Å². The molecule has 0 aromatic heterocycles. The maximum absolute atomic E-state index is 11.2. The number of aromatic carboxylic acids is 1. The fraction of sp³-hybridized carbons (Fsp3) is 0.0714. The van der Waals surface area contributed by atoms with Gasteiger partial charge in [-0.1, -0.05) is 35.3 Å². The third kappa shape index (κ3) is 3.77. The molecule has 104 valence electrons. The van der Waals surface area contributed by atoms with Crippen LogP contribution in [0.1, 0.15) is 15.9 Å². The molecule has 6 heteroatoms. The third-order valence-corrected chi connectivity index (χ3v) is 3.75. The van der Waals surface area contributed by atoms with E-state index in [9.17, 15) is 4.79 Å². The second kappa shape index (κ2) is 6.65. The largest absolute Gasteiger partial charge is 0.486 e. The zero-order valence-electron chi connectivity index (χ0n) is 10.1. The summed E-state index contributed by atoms with van der Waals surface area (Å²) in [6.07, 6.45) is 0. The number of carbonyl (C=O) groups is 1. The highest BCUT2D eigenvalue weighted by Gasteiger charge is 2.16. The van der Waals surface area contributed by atoms with Crippen LogP contribution in [0, 0.1) is 3.57 Å². The lowest BCUT2D eigenvalue weighted by molar-refractivity contribution is 0.0691. The number of carboxylic acid groups (broad SMARTS) is 1. The van der Waals surface area contributed by atoms with Crippen LogP contribution in [0.25, 0.3) is 0 Å². The van der Waals surface area contributed by atoms with Crippen LogP contribution in [0.15, 0.2) is 36.4 Å². The number of halogens is 3. The van der Waals surface area contributed by atoms with Gasteiger partial charge in [0.05, 0.1) is 5.02 Å². The zero-order valence-corrected chi connectivity index (χ0v) is 13.7. The SMILES string of the molecule is O=C(O)c1cc(Cl)cc(Cl)c1OCc1ccc(I)cc1. The Bertz CT molecular complexity index is 642. The Morgan fingerprint density at radius 3 is 2.45 bits per heavy atom. The molecule has 2 aromatic rings. The number of carboxylic acids is 1. The standard InChI is InChI=1S/C14H9Cl2IO3/c15-9-5-11(14(18)19)13(12(16)6-9)20-7-8-1-3-10(17)4-2-8/h1-6H,7H2,(H,18,19). The van der Waals surface area contributed by atoms with Crippen LogP contribution in [0.2, 0.25) is 10.0 Å². The van der Waals surface area contributed by atoms with E-state index >= 15 is 0 Å². The topological polar surface area (TPSA) is 46.5 Å². The van der Waals surface area contributed by atoms with E-state index in [-0.39, 0.29) is 28.0 Å². The van der Waals surface area contributed by atoms with Crippen LogP contribution in [0.4, 0.5) is 0 Å². The molecule has 0 fully saturated rings. The molecule has 0 saturated heterocycles. The van der Waals surface area contributed by atoms with Crippen LogP contribution in [0.3, 0.4) is 0 Å². The molecule has 20 heavy (non-hydrogen) atoms. The molecule has 0 aliphatic carbocycles. The van der Waals surface area contributed by atoms with E-state index in [2.05, 4.69) is 22.6 Å². The lowest BCUT2D eigenvalue weighted by atomic mass is 10.2. The average molecular weight is 423 g/mol. The maximum Gasteiger partial charge on any atom is 0.339 e. The first-order chi connectivity index (χ1) is 9.47. The zero-order chi connectivity index (χ0) is 14.7. The maximum atomic E-state index is 11.2. The average Bonchev–Trinajstić information content (AvgIpc) is 2.38. The van der Waals surface area contributed by atoms with E-state index in [1.807, 2.05) is 24.3 Å². The van der Waals surface area contributed by atoms with E-state index in [0.717, 1.165) is 9.13 Å². The molecule has 0 amide bonds. The van der Waals surface area contributed by atoms with Gasteiger partial charge in [-0.25, -0.2) is 4.79 Å². The molecule has 0 bridgehead atoms. The van der Waals surface area contributed by atoms with Gasteiger partial charge >= 0.3 is 5.97 Å². The molecule has 0 aliphatic heterocycles. The van der Waals surface area contributed by atoms with E-state index in [0.29, 0.717) is 0 Å². The predicted octanol–water partition coefficient (Wildman–Crippen LogP) is 4.88. The number of benzene rings is 2. The molecule has 0 unspecified atom stereocenters. The molecular formula is C14H9Cl2IO3. The van der Waals surface area contributed by atoms with E-state index < -0.39 is 5.97 Å². The molecule has 2 rings (SSSR count). The minimum atomic E-state index is -1.13. The van der Waals surface area contributed by atoms with Crippen molar-refractivity contribution in [2.75, 3.05) is 0 Å². The van der Waals surface area contributed by atoms with Gasteiger partial charge < -0.3 is 9.84 Å². The van der Waals surface area contributed by atoms with Crippen LogP contribution < -0.4 is 4.74 Å². The Balaban J connectivity index is 2.24. The van der Waals surface area contributed by atoms with E-state index in [4.69, 9.17) is 33.0 Å². The first kappa shape index (κ1) is 15.4. The highest BCUT2D eigenvalue weighted by Crippen LogP contribution is 2.33. The number of rotatable bonds is 4. The Morgan fingerprint density at radius 2 is 1.85 bits per heavy atom. The fourth-order valence-corrected chi connectivity index (χ4v) is 2.51. The molecule has 0 spiro atoms. The highest BCUT2D eigenvalue weighted by molar-refractivity contribution is 14.1. The Hall–Kier alpha value is -0.980. The smallest absolute Gasteiger partial charge is 0.339 e. The fourth-order valence-electron chi connectivity index (χ4n) is 1.60. The van der Waals surface area contributed by atoms with E-state index in [1.165, 1.54) is 12.1 Å². The summed E-state index contributed by atoms with van der Waals surface area (Å²) in [4.78, 5) is 11.2. The van der Waals surface area contributed by atoms with Crippen LogP contribution in [-0.2, 0) is 6.61 Å². The normalized spacial score (nSPS) is 10.3. The number of hydrogen-bond donors (Lipinski definition) is 1. The summed E-state index contributed by atoms with van der Waals surface area (Å²) in [5, 5.41) is 9.59. The minimum absolute atomic E-state index is 0.0481. The molecule has 1 N–H and O–H groups in total. The molecule has 0 atom stereocenters. The molecule has 2 aromatic carbocycles. The summed E-state index contributed by atoms with van der Waals surface area (Å²) in [6.45, 7) is 0.235. The molecule has 0 aliphatic rings. The van der Waals surface area contributed by atoms with E-state index in [1.54, 1.807) is 0 Å². The van der Waals surface area contributed by atoms with Gasteiger partial charge in [0.2, 0.25) is 0 Å². The Labute approximate surface area is 139 Å². The Kier molecular flexibility index (Phi) is 5.12. The highest BCUT2D eigenvalue weighted by atomic mass is 127. The van der Waals surface area contributed by atoms with Crippen molar-refractivity contribution in [1.29, 1.82) is 0 Å². The summed E-state index contributed by atoms with van der Waals surface area (Å²) in [5.41, 5.74) is 0.876. The lowest BCUT2D eigenvalue weighted by Gasteiger charge is -2.11. The van der Waals surface area contributed by atoms with Crippen LogP contribution in [0.5, 0.6) is 5.75 Å². The van der Waals surface area contributed by atoms with Crippen LogP contribution >= 0.6 is 45.8 Å². The van der Waals surface area contributed by atoms with Crippen molar-refractivity contribution in [1.82, 2.24) is 0 Å². The molecule has 3 nitrogen and oxygen atoms in total. The number of ether oxygens (including phenoxy) is 1. The van der Waals surface area contributed by atoms with Gasteiger partial charge in [-0.15, -0.1) is 0 Å². The van der Waals surface area contributed by atoms with Crippen molar-refractivity contribution in [3.63, 3.8) is 0 Å². The second-order valence-corrected chi connectivity index (χ2v) is 6.07. The summed E-state index contributed by atoms with van der Waals surface area (Å²) >= 11 is 14.0. The first-order valence-electron chi connectivity index (χ1n) is 5.57. The molecule has 0 heterocycles. The minimum Gasteiger partial charge on any atom is -0.486 e. The molecule has 0 radical (unpaired) electrons.